The molecule has 2 N–H and O–H groups in total. The molecule has 6 heteroatoms. The van der Waals surface area contributed by atoms with Crippen molar-refractivity contribution in [2.45, 2.75) is 26.8 Å². The number of aryl methyl sites for hydroxylation is 1. The van der Waals surface area contributed by atoms with E-state index in [0.29, 0.717) is 17.9 Å². The third-order valence-corrected chi connectivity index (χ3v) is 2.75. The predicted octanol–water partition coefficient (Wildman–Crippen LogP) is 1.97. The summed E-state index contributed by atoms with van der Waals surface area (Å²) in [7, 11) is 0. The monoisotopic (exact) mass is 248 g/mol. The van der Waals surface area contributed by atoms with Crippen molar-refractivity contribution < 1.29 is 9.90 Å². The Balaban J connectivity index is 2.61. The second-order valence-electron chi connectivity index (χ2n) is 3.98. The van der Waals surface area contributed by atoms with Gasteiger partial charge in [-0.25, -0.2) is 14.5 Å². The number of carboxylic acids is 1. The lowest BCUT2D eigenvalue weighted by molar-refractivity contribution is 0.0697. The van der Waals surface area contributed by atoms with Crippen LogP contribution in [0.15, 0.2) is 12.4 Å². The number of hydrogen-bond acceptors (Lipinski definition) is 4. The van der Waals surface area contributed by atoms with Crippen LogP contribution in [-0.2, 0) is 6.54 Å². The van der Waals surface area contributed by atoms with Crippen LogP contribution in [0.5, 0.6) is 0 Å². The number of fused-ring (bicyclic) bond motifs is 1. The van der Waals surface area contributed by atoms with E-state index in [-0.39, 0.29) is 5.56 Å². The van der Waals surface area contributed by atoms with E-state index in [1.54, 1.807) is 10.9 Å². The summed E-state index contributed by atoms with van der Waals surface area (Å²) in [6.07, 6.45) is 3.97. The van der Waals surface area contributed by atoms with E-state index in [2.05, 4.69) is 15.4 Å². The molecule has 0 fully saturated rings. The van der Waals surface area contributed by atoms with Crippen LogP contribution >= 0.6 is 0 Å². The second kappa shape index (κ2) is 5.03. The first-order valence-corrected chi connectivity index (χ1v) is 6.00. The fourth-order valence-electron chi connectivity index (χ4n) is 1.86. The zero-order valence-corrected chi connectivity index (χ0v) is 10.5. The zero-order valence-electron chi connectivity index (χ0n) is 10.5. The summed E-state index contributed by atoms with van der Waals surface area (Å²) in [5, 5.41) is 17.3. The lowest BCUT2D eigenvalue weighted by Crippen LogP contribution is -2.09. The van der Waals surface area contributed by atoms with E-state index in [9.17, 15) is 9.90 Å². The Bertz CT molecular complexity index is 577. The molecule has 2 aromatic heterocycles. The maximum absolute atomic E-state index is 11.2. The third-order valence-electron chi connectivity index (χ3n) is 2.75. The van der Waals surface area contributed by atoms with Crippen LogP contribution in [0.3, 0.4) is 0 Å². The highest BCUT2D eigenvalue weighted by Gasteiger charge is 2.16. The van der Waals surface area contributed by atoms with Crippen molar-refractivity contribution in [3.63, 3.8) is 0 Å². The van der Waals surface area contributed by atoms with E-state index in [1.165, 1.54) is 6.20 Å². The maximum Gasteiger partial charge on any atom is 0.339 e. The summed E-state index contributed by atoms with van der Waals surface area (Å²) in [4.78, 5) is 15.4. The van der Waals surface area contributed by atoms with Crippen molar-refractivity contribution >= 4 is 22.7 Å². The first kappa shape index (κ1) is 12.3. The summed E-state index contributed by atoms with van der Waals surface area (Å²) in [5.74, 6) is -0.979. The molecule has 0 bridgehead atoms. The molecule has 0 aromatic carbocycles. The molecule has 0 radical (unpaired) electrons. The average molecular weight is 248 g/mol. The highest BCUT2D eigenvalue weighted by Crippen LogP contribution is 2.25. The van der Waals surface area contributed by atoms with Crippen molar-refractivity contribution in [3.05, 3.63) is 18.0 Å². The van der Waals surface area contributed by atoms with Gasteiger partial charge in [0.1, 0.15) is 5.56 Å². The first-order valence-electron chi connectivity index (χ1n) is 6.00. The summed E-state index contributed by atoms with van der Waals surface area (Å²) >= 11 is 0. The Labute approximate surface area is 105 Å². The van der Waals surface area contributed by atoms with Crippen LogP contribution in [0.1, 0.15) is 30.6 Å². The van der Waals surface area contributed by atoms with Crippen LogP contribution in [0, 0.1) is 0 Å². The fourth-order valence-corrected chi connectivity index (χ4v) is 1.86. The van der Waals surface area contributed by atoms with Crippen molar-refractivity contribution in [2.24, 2.45) is 0 Å². The van der Waals surface area contributed by atoms with Crippen molar-refractivity contribution in [3.8, 4) is 0 Å². The van der Waals surface area contributed by atoms with E-state index in [1.807, 2.05) is 13.8 Å². The fraction of sp³-hybridized carbons (Fsp3) is 0.417. The average Bonchev–Trinajstić information content (AvgIpc) is 2.78. The van der Waals surface area contributed by atoms with Gasteiger partial charge in [-0.1, -0.05) is 6.92 Å². The summed E-state index contributed by atoms with van der Waals surface area (Å²) in [5.41, 5.74) is 1.50. The molecule has 0 unspecified atom stereocenters. The molecule has 2 rings (SSSR count). The van der Waals surface area contributed by atoms with E-state index in [4.69, 9.17) is 0 Å². The lowest BCUT2D eigenvalue weighted by atomic mass is 10.2. The van der Waals surface area contributed by atoms with Crippen molar-refractivity contribution in [1.29, 1.82) is 0 Å². The summed E-state index contributed by atoms with van der Waals surface area (Å²) in [6, 6.07) is 0. The van der Waals surface area contributed by atoms with Crippen LogP contribution < -0.4 is 5.32 Å². The molecule has 0 aliphatic carbocycles. The van der Waals surface area contributed by atoms with Gasteiger partial charge in [0, 0.05) is 19.3 Å². The summed E-state index contributed by atoms with van der Waals surface area (Å²) in [6.45, 7) is 5.42. The number of nitrogens with one attached hydrogen (secondary N) is 1. The molecule has 0 aliphatic heterocycles. The number of aromatic nitrogens is 3. The summed E-state index contributed by atoms with van der Waals surface area (Å²) < 4.78 is 1.75. The number of anilines is 1. The second-order valence-corrected chi connectivity index (χ2v) is 3.98. The molecule has 0 saturated heterocycles. The first-order chi connectivity index (χ1) is 8.69. The Kier molecular flexibility index (Phi) is 3.45. The smallest absolute Gasteiger partial charge is 0.339 e. The molecular weight excluding hydrogens is 232 g/mol. The topological polar surface area (TPSA) is 80.0 Å². The van der Waals surface area contributed by atoms with Gasteiger partial charge in [-0.2, -0.15) is 5.10 Å². The number of carboxylic acid groups (broad SMARTS) is 1. The molecular formula is C12H16N4O2. The number of nitrogens with zero attached hydrogens (tertiary/aromatic N) is 3. The maximum atomic E-state index is 11.2. The van der Waals surface area contributed by atoms with Crippen molar-refractivity contribution in [2.75, 3.05) is 11.9 Å². The van der Waals surface area contributed by atoms with Crippen LogP contribution in [0.25, 0.3) is 11.0 Å². The highest BCUT2D eigenvalue weighted by molar-refractivity contribution is 6.03. The van der Waals surface area contributed by atoms with Crippen LogP contribution in [0.2, 0.25) is 0 Å². The van der Waals surface area contributed by atoms with Gasteiger partial charge in [0.2, 0.25) is 0 Å². The molecule has 0 aliphatic rings. The van der Waals surface area contributed by atoms with Crippen LogP contribution in [0.4, 0.5) is 5.69 Å². The molecule has 2 aromatic rings. The van der Waals surface area contributed by atoms with Gasteiger partial charge in [-0.05, 0) is 13.3 Å². The standard InChI is InChI=1S/C12H16N4O2/c1-3-5-13-10-8-7-15-16(4-2)11(8)14-6-9(10)12(17)18/h6-7H,3-5H2,1-2H3,(H,13,14)(H,17,18). The predicted molar refractivity (Wildman–Crippen MR) is 68.9 cm³/mol. The quantitative estimate of drug-likeness (QED) is 0.845. The highest BCUT2D eigenvalue weighted by atomic mass is 16.4. The number of hydrogen-bond donors (Lipinski definition) is 2. The Morgan fingerprint density at radius 3 is 2.83 bits per heavy atom. The van der Waals surface area contributed by atoms with Gasteiger partial charge in [0.25, 0.3) is 0 Å². The minimum atomic E-state index is -0.979. The van der Waals surface area contributed by atoms with Gasteiger partial charge in [-0.3, -0.25) is 0 Å². The molecule has 0 amide bonds. The van der Waals surface area contributed by atoms with Crippen molar-refractivity contribution in [1.82, 2.24) is 14.8 Å². The molecule has 0 atom stereocenters. The third kappa shape index (κ3) is 2.01. The number of carbonyl (C=O) groups is 1. The number of aromatic carboxylic acids is 1. The SMILES string of the molecule is CCCNc1c(C(=O)O)cnc2c1cnn2CC. The Morgan fingerprint density at radius 2 is 2.22 bits per heavy atom. The van der Waals surface area contributed by atoms with E-state index >= 15 is 0 Å². The van der Waals surface area contributed by atoms with Gasteiger partial charge in [0.05, 0.1) is 17.3 Å². The molecule has 0 saturated carbocycles. The van der Waals surface area contributed by atoms with Crippen LogP contribution in [-0.4, -0.2) is 32.4 Å². The molecule has 2 heterocycles. The molecule has 96 valence electrons. The normalized spacial score (nSPS) is 10.8. The number of pyridine rings is 1. The number of rotatable bonds is 5. The van der Waals surface area contributed by atoms with Gasteiger partial charge < -0.3 is 10.4 Å². The Morgan fingerprint density at radius 1 is 1.44 bits per heavy atom. The minimum absolute atomic E-state index is 0.187. The Hall–Kier alpha value is -2.11. The molecule has 18 heavy (non-hydrogen) atoms. The van der Waals surface area contributed by atoms with E-state index < -0.39 is 5.97 Å². The lowest BCUT2D eigenvalue weighted by Gasteiger charge is -2.09. The largest absolute Gasteiger partial charge is 0.478 e. The minimum Gasteiger partial charge on any atom is -0.478 e. The van der Waals surface area contributed by atoms with Gasteiger partial charge in [0.15, 0.2) is 5.65 Å². The molecule has 0 spiro atoms. The van der Waals surface area contributed by atoms with Gasteiger partial charge >= 0.3 is 5.97 Å². The van der Waals surface area contributed by atoms with Gasteiger partial charge in [-0.15, -0.1) is 0 Å². The zero-order chi connectivity index (χ0) is 13.1. The van der Waals surface area contributed by atoms with E-state index in [0.717, 1.165) is 18.4 Å². The molecule has 6 nitrogen and oxygen atoms in total.